The van der Waals surface area contributed by atoms with Crippen LogP contribution < -0.4 is 5.32 Å². The van der Waals surface area contributed by atoms with E-state index in [-0.39, 0.29) is 6.04 Å². The summed E-state index contributed by atoms with van der Waals surface area (Å²) in [5.41, 5.74) is 0. The van der Waals surface area contributed by atoms with Crippen molar-refractivity contribution in [3.63, 3.8) is 0 Å². The Balaban J connectivity index is 2.75. The molecule has 1 aromatic rings. The fourth-order valence-electron chi connectivity index (χ4n) is 0.719. The van der Waals surface area contributed by atoms with Crippen molar-refractivity contribution in [3.8, 4) is 0 Å². The third-order valence-corrected chi connectivity index (χ3v) is 2.17. The molecule has 1 rings (SSSR count). The van der Waals surface area contributed by atoms with Crippen molar-refractivity contribution in [2.45, 2.75) is 26.1 Å². The highest BCUT2D eigenvalue weighted by atomic mass is 32.1. The number of halogens is 3. The highest BCUT2D eigenvalue weighted by Crippen LogP contribution is 2.35. The molecule has 2 nitrogen and oxygen atoms in total. The van der Waals surface area contributed by atoms with Gasteiger partial charge in [0.15, 0.2) is 5.13 Å². The Labute approximate surface area is 77.8 Å². The van der Waals surface area contributed by atoms with Crippen LogP contribution in [0.3, 0.4) is 0 Å². The second-order valence-corrected chi connectivity index (χ2v) is 3.86. The molecular formula is C7H9F3N2S. The van der Waals surface area contributed by atoms with Gasteiger partial charge in [-0.3, -0.25) is 0 Å². The Morgan fingerprint density at radius 1 is 1.46 bits per heavy atom. The quantitative estimate of drug-likeness (QED) is 0.811. The van der Waals surface area contributed by atoms with Crippen LogP contribution in [0.2, 0.25) is 0 Å². The molecule has 0 aromatic carbocycles. The highest BCUT2D eigenvalue weighted by molar-refractivity contribution is 7.15. The third-order valence-electron chi connectivity index (χ3n) is 1.20. The first-order valence-corrected chi connectivity index (χ1v) is 4.51. The first kappa shape index (κ1) is 10.3. The van der Waals surface area contributed by atoms with E-state index in [0.29, 0.717) is 16.5 Å². The van der Waals surface area contributed by atoms with Gasteiger partial charge in [0, 0.05) is 6.04 Å². The monoisotopic (exact) mass is 210 g/mol. The molecule has 0 saturated heterocycles. The molecule has 0 amide bonds. The smallest absolute Gasteiger partial charge is 0.359 e. The molecule has 74 valence electrons. The number of thiazole rings is 1. The van der Waals surface area contributed by atoms with Gasteiger partial charge in [0.2, 0.25) is 0 Å². The first-order chi connectivity index (χ1) is 5.89. The average Bonchev–Trinajstić information content (AvgIpc) is 2.32. The van der Waals surface area contributed by atoms with Gasteiger partial charge in [-0.1, -0.05) is 11.3 Å². The minimum Gasteiger partial charge on any atom is -0.359 e. The summed E-state index contributed by atoms with van der Waals surface area (Å²) in [6.07, 6.45) is -3.44. The highest BCUT2D eigenvalue weighted by Gasteiger charge is 2.33. The number of aromatic nitrogens is 1. The predicted molar refractivity (Wildman–Crippen MR) is 45.9 cm³/mol. The summed E-state index contributed by atoms with van der Waals surface area (Å²) in [5.74, 6) is 0. The minimum atomic E-state index is -4.28. The van der Waals surface area contributed by atoms with Gasteiger partial charge in [0.1, 0.15) is 4.88 Å². The molecule has 13 heavy (non-hydrogen) atoms. The molecule has 0 unspecified atom stereocenters. The van der Waals surface area contributed by atoms with E-state index in [0.717, 1.165) is 6.20 Å². The first-order valence-electron chi connectivity index (χ1n) is 3.69. The maximum atomic E-state index is 12.1. The van der Waals surface area contributed by atoms with Crippen molar-refractivity contribution in [1.82, 2.24) is 4.98 Å². The van der Waals surface area contributed by atoms with Gasteiger partial charge >= 0.3 is 6.18 Å². The fraction of sp³-hybridized carbons (Fsp3) is 0.571. The minimum absolute atomic E-state index is 0.0900. The van der Waals surface area contributed by atoms with Gasteiger partial charge in [-0.05, 0) is 13.8 Å². The summed E-state index contributed by atoms with van der Waals surface area (Å²) in [7, 11) is 0. The number of hydrogen-bond acceptors (Lipinski definition) is 3. The zero-order chi connectivity index (χ0) is 10.1. The molecule has 0 spiro atoms. The van der Waals surface area contributed by atoms with Crippen molar-refractivity contribution >= 4 is 16.5 Å². The lowest BCUT2D eigenvalue weighted by Crippen LogP contribution is -2.08. The number of anilines is 1. The molecule has 1 N–H and O–H groups in total. The van der Waals surface area contributed by atoms with Crippen molar-refractivity contribution in [2.24, 2.45) is 0 Å². The number of nitrogens with one attached hydrogen (secondary N) is 1. The molecule has 0 aliphatic carbocycles. The zero-order valence-electron chi connectivity index (χ0n) is 7.14. The zero-order valence-corrected chi connectivity index (χ0v) is 7.96. The van der Waals surface area contributed by atoms with Gasteiger partial charge in [-0.15, -0.1) is 0 Å². The van der Waals surface area contributed by atoms with Gasteiger partial charge in [0.25, 0.3) is 0 Å². The van der Waals surface area contributed by atoms with Crippen LogP contribution in [0.4, 0.5) is 18.3 Å². The van der Waals surface area contributed by atoms with Crippen molar-refractivity contribution in [2.75, 3.05) is 5.32 Å². The van der Waals surface area contributed by atoms with E-state index in [1.807, 2.05) is 13.8 Å². The van der Waals surface area contributed by atoms with Gasteiger partial charge in [-0.25, -0.2) is 4.98 Å². The van der Waals surface area contributed by atoms with Crippen molar-refractivity contribution in [1.29, 1.82) is 0 Å². The standard InChI is InChI=1S/C7H9F3N2S/c1-4(2)12-6-11-3-5(13-6)7(8,9)10/h3-4H,1-2H3,(H,11,12). The summed E-state index contributed by atoms with van der Waals surface area (Å²) >= 11 is 0.621. The molecule has 1 heterocycles. The second kappa shape index (κ2) is 3.53. The number of rotatable bonds is 2. The number of alkyl halides is 3. The average molecular weight is 210 g/mol. The lowest BCUT2D eigenvalue weighted by Gasteiger charge is -2.04. The summed E-state index contributed by atoms with van der Waals surface area (Å²) < 4.78 is 36.2. The Hall–Kier alpha value is -0.780. The number of hydrogen-bond donors (Lipinski definition) is 1. The third kappa shape index (κ3) is 2.87. The van der Waals surface area contributed by atoms with E-state index in [4.69, 9.17) is 0 Å². The summed E-state index contributed by atoms with van der Waals surface area (Å²) in [6.45, 7) is 3.68. The molecule has 0 saturated carbocycles. The molecule has 0 radical (unpaired) electrons. The van der Waals surface area contributed by atoms with Crippen LogP contribution in [0.5, 0.6) is 0 Å². The van der Waals surface area contributed by atoms with Crippen LogP contribution in [0, 0.1) is 0 Å². The van der Waals surface area contributed by atoms with Crippen LogP contribution >= 0.6 is 11.3 Å². The Bertz CT molecular complexity index is 280. The van der Waals surface area contributed by atoms with Crippen LogP contribution in [0.15, 0.2) is 6.20 Å². The SMILES string of the molecule is CC(C)Nc1ncc(C(F)(F)F)s1. The van der Waals surface area contributed by atoms with Crippen LogP contribution in [0.1, 0.15) is 18.7 Å². The Morgan fingerprint density at radius 2 is 2.08 bits per heavy atom. The van der Waals surface area contributed by atoms with Crippen LogP contribution in [-0.2, 0) is 6.18 Å². The van der Waals surface area contributed by atoms with E-state index in [1.54, 1.807) is 0 Å². The molecule has 1 aromatic heterocycles. The maximum Gasteiger partial charge on any atom is 0.427 e. The van der Waals surface area contributed by atoms with E-state index in [9.17, 15) is 13.2 Å². The van der Waals surface area contributed by atoms with Crippen molar-refractivity contribution in [3.05, 3.63) is 11.1 Å². The molecular weight excluding hydrogens is 201 g/mol. The van der Waals surface area contributed by atoms with Gasteiger partial charge in [0.05, 0.1) is 6.20 Å². The lowest BCUT2D eigenvalue weighted by molar-refractivity contribution is -0.134. The van der Waals surface area contributed by atoms with Crippen LogP contribution in [0.25, 0.3) is 0 Å². The molecule has 0 aliphatic heterocycles. The molecule has 0 bridgehead atoms. The second-order valence-electron chi connectivity index (χ2n) is 2.83. The summed E-state index contributed by atoms with van der Waals surface area (Å²) in [6, 6.07) is 0.0900. The van der Waals surface area contributed by atoms with E-state index >= 15 is 0 Å². The lowest BCUT2D eigenvalue weighted by atomic mass is 10.4. The molecule has 0 fully saturated rings. The van der Waals surface area contributed by atoms with Gasteiger partial charge < -0.3 is 5.32 Å². The molecule has 6 heteroatoms. The predicted octanol–water partition coefficient (Wildman–Crippen LogP) is 2.98. The molecule has 0 atom stereocenters. The Morgan fingerprint density at radius 3 is 2.46 bits per heavy atom. The fourth-order valence-corrected chi connectivity index (χ4v) is 1.55. The summed E-state index contributed by atoms with van der Waals surface area (Å²) in [4.78, 5) is 2.94. The maximum absolute atomic E-state index is 12.1. The van der Waals surface area contributed by atoms with E-state index in [1.165, 1.54) is 0 Å². The topological polar surface area (TPSA) is 24.9 Å². The van der Waals surface area contributed by atoms with E-state index < -0.39 is 11.1 Å². The number of nitrogens with zero attached hydrogens (tertiary/aromatic N) is 1. The largest absolute Gasteiger partial charge is 0.427 e. The van der Waals surface area contributed by atoms with Gasteiger partial charge in [-0.2, -0.15) is 13.2 Å². The summed E-state index contributed by atoms with van der Waals surface area (Å²) in [5, 5.41) is 3.11. The molecule has 0 aliphatic rings. The Kier molecular flexibility index (Phi) is 2.80. The normalized spacial score (nSPS) is 12.2. The van der Waals surface area contributed by atoms with E-state index in [2.05, 4.69) is 10.3 Å². The van der Waals surface area contributed by atoms with Crippen LogP contribution in [-0.4, -0.2) is 11.0 Å². The van der Waals surface area contributed by atoms with Crippen molar-refractivity contribution < 1.29 is 13.2 Å².